The molecule has 1 aromatic carbocycles. The van der Waals surface area contributed by atoms with Crippen LogP contribution in [-0.4, -0.2) is 19.1 Å². The number of carbonyl (C=O) groups excluding carboxylic acids is 1. The minimum atomic E-state index is -0.262. The molecule has 0 spiro atoms. The van der Waals surface area contributed by atoms with Crippen LogP contribution in [0.1, 0.15) is 58.1 Å². The molecule has 2 atom stereocenters. The van der Waals surface area contributed by atoms with Gasteiger partial charge < -0.3 is 4.74 Å². The highest BCUT2D eigenvalue weighted by Crippen LogP contribution is 2.22. The Kier molecular flexibility index (Phi) is 8.06. The van der Waals surface area contributed by atoms with Gasteiger partial charge in [-0.15, -0.1) is 0 Å². The maximum absolute atomic E-state index is 12.0. The molecule has 0 amide bonds. The van der Waals surface area contributed by atoms with Crippen LogP contribution in [0.4, 0.5) is 0 Å². The molecule has 1 aromatic rings. The molecule has 0 aliphatic rings. The second kappa shape index (κ2) is 9.56. The minimum absolute atomic E-state index is 0.179. The molecule has 3 heteroatoms. The van der Waals surface area contributed by atoms with Gasteiger partial charge in [0.1, 0.15) is 6.04 Å². The summed E-state index contributed by atoms with van der Waals surface area (Å²) in [6.07, 6.45) is 4.62. The van der Waals surface area contributed by atoms with Crippen molar-refractivity contribution in [1.82, 2.24) is 5.32 Å². The highest BCUT2D eigenvalue weighted by atomic mass is 16.5. The van der Waals surface area contributed by atoms with Gasteiger partial charge in [-0.25, -0.2) is 0 Å². The smallest absolute Gasteiger partial charge is 0.323 e. The van der Waals surface area contributed by atoms with Gasteiger partial charge in [0.15, 0.2) is 0 Å². The monoisotopic (exact) mass is 291 g/mol. The van der Waals surface area contributed by atoms with E-state index < -0.39 is 0 Å². The first kappa shape index (κ1) is 17.7. The van der Waals surface area contributed by atoms with Crippen molar-refractivity contribution in [2.75, 3.05) is 7.11 Å². The maximum atomic E-state index is 12.0. The van der Waals surface area contributed by atoms with Crippen molar-refractivity contribution >= 4 is 5.97 Å². The Hall–Kier alpha value is -1.35. The van der Waals surface area contributed by atoms with Crippen LogP contribution >= 0.6 is 0 Å². The van der Waals surface area contributed by atoms with E-state index >= 15 is 0 Å². The van der Waals surface area contributed by atoms with E-state index in [1.165, 1.54) is 25.5 Å². The van der Waals surface area contributed by atoms with Crippen LogP contribution < -0.4 is 5.32 Å². The van der Waals surface area contributed by atoms with E-state index in [9.17, 15) is 4.79 Å². The first-order valence-corrected chi connectivity index (χ1v) is 7.99. The summed E-state index contributed by atoms with van der Waals surface area (Å²) in [5.41, 5.74) is 1.24. The average Bonchev–Trinajstić information content (AvgIpc) is 2.50. The van der Waals surface area contributed by atoms with Gasteiger partial charge in [0.2, 0.25) is 0 Å². The Balaban J connectivity index is 2.82. The molecule has 0 aromatic heterocycles. The summed E-state index contributed by atoms with van der Waals surface area (Å²) in [6.45, 7) is 6.29. The zero-order chi connectivity index (χ0) is 15.7. The lowest BCUT2D eigenvalue weighted by molar-refractivity contribution is -0.144. The summed E-state index contributed by atoms with van der Waals surface area (Å²) in [7, 11) is 1.45. The van der Waals surface area contributed by atoms with Crippen LogP contribution in [0.2, 0.25) is 0 Å². The van der Waals surface area contributed by atoms with E-state index in [-0.39, 0.29) is 24.0 Å². The zero-order valence-corrected chi connectivity index (χ0v) is 13.8. The third-order valence-electron chi connectivity index (χ3n) is 3.80. The Morgan fingerprint density at radius 3 is 2.38 bits per heavy atom. The van der Waals surface area contributed by atoms with Crippen LogP contribution in [-0.2, 0) is 9.53 Å². The molecule has 0 bridgehead atoms. The second-order valence-corrected chi connectivity index (χ2v) is 5.87. The minimum Gasteiger partial charge on any atom is -0.468 e. The molecule has 0 heterocycles. The largest absolute Gasteiger partial charge is 0.468 e. The Bertz CT molecular complexity index is 403. The number of unbranched alkanes of at least 4 members (excludes halogenated alkanes) is 2. The average molecular weight is 291 g/mol. The molecular weight excluding hydrogens is 262 g/mol. The van der Waals surface area contributed by atoms with E-state index in [0.29, 0.717) is 0 Å². The lowest BCUT2D eigenvalue weighted by atomic mass is 9.96. The molecule has 3 nitrogen and oxygen atoms in total. The van der Waals surface area contributed by atoms with Crippen molar-refractivity contribution in [2.24, 2.45) is 5.92 Å². The summed E-state index contributed by atoms with van der Waals surface area (Å²) >= 11 is 0. The third-order valence-corrected chi connectivity index (χ3v) is 3.80. The molecule has 0 aliphatic heterocycles. The van der Waals surface area contributed by atoms with Gasteiger partial charge >= 0.3 is 5.97 Å². The molecule has 0 aliphatic carbocycles. The number of carbonyl (C=O) groups is 1. The van der Waals surface area contributed by atoms with E-state index in [1.54, 1.807) is 0 Å². The van der Waals surface area contributed by atoms with Crippen LogP contribution in [0, 0.1) is 5.92 Å². The predicted octanol–water partition coefficient (Wildman–Crippen LogP) is 4.10. The van der Waals surface area contributed by atoms with Gasteiger partial charge in [0.05, 0.1) is 7.11 Å². The highest BCUT2D eigenvalue weighted by molar-refractivity contribution is 5.76. The fourth-order valence-corrected chi connectivity index (χ4v) is 2.51. The first-order chi connectivity index (χ1) is 10.1. The fourth-order valence-electron chi connectivity index (χ4n) is 2.51. The van der Waals surface area contributed by atoms with Crippen LogP contribution in [0.15, 0.2) is 30.3 Å². The fraction of sp³-hybridized carbons (Fsp3) is 0.611. The number of rotatable bonds is 9. The Morgan fingerprint density at radius 2 is 1.86 bits per heavy atom. The number of esters is 1. The molecule has 21 heavy (non-hydrogen) atoms. The van der Waals surface area contributed by atoms with Crippen LogP contribution in [0.25, 0.3) is 0 Å². The molecular formula is C18H29NO2. The van der Waals surface area contributed by atoms with E-state index in [0.717, 1.165) is 12.8 Å². The number of hydrogen-bond donors (Lipinski definition) is 1. The zero-order valence-electron chi connectivity index (χ0n) is 13.8. The number of methoxy groups -OCH3 is 1. The standard InChI is InChI=1S/C18H29NO2/c1-5-6-8-13-16(15-11-9-7-10-12-15)19-17(14(2)3)18(20)21-4/h7,9-12,14,16-17,19H,5-6,8,13H2,1-4H3. The van der Waals surface area contributed by atoms with Crippen LogP contribution in [0.5, 0.6) is 0 Å². The van der Waals surface area contributed by atoms with Gasteiger partial charge in [-0.2, -0.15) is 0 Å². The Morgan fingerprint density at radius 1 is 1.19 bits per heavy atom. The topological polar surface area (TPSA) is 38.3 Å². The van der Waals surface area contributed by atoms with Crippen molar-refractivity contribution in [2.45, 2.75) is 58.5 Å². The van der Waals surface area contributed by atoms with Crippen LogP contribution in [0.3, 0.4) is 0 Å². The quantitative estimate of drug-likeness (QED) is 0.550. The number of ether oxygens (including phenoxy) is 1. The maximum Gasteiger partial charge on any atom is 0.323 e. The highest BCUT2D eigenvalue weighted by Gasteiger charge is 2.26. The van der Waals surface area contributed by atoms with Gasteiger partial charge in [-0.05, 0) is 17.9 Å². The van der Waals surface area contributed by atoms with E-state index in [4.69, 9.17) is 4.74 Å². The van der Waals surface area contributed by atoms with E-state index in [1.807, 2.05) is 32.0 Å². The molecule has 0 saturated carbocycles. The summed E-state index contributed by atoms with van der Waals surface area (Å²) in [4.78, 5) is 12.0. The van der Waals surface area contributed by atoms with Crippen molar-refractivity contribution in [3.63, 3.8) is 0 Å². The molecule has 1 rings (SSSR count). The second-order valence-electron chi connectivity index (χ2n) is 5.87. The van der Waals surface area contributed by atoms with Gasteiger partial charge in [-0.3, -0.25) is 10.1 Å². The van der Waals surface area contributed by atoms with Crippen molar-refractivity contribution in [1.29, 1.82) is 0 Å². The summed E-state index contributed by atoms with van der Waals surface area (Å²) in [5, 5.41) is 3.50. The molecule has 118 valence electrons. The SMILES string of the molecule is CCCCCC(NC(C(=O)OC)C(C)C)c1ccccc1. The number of hydrogen-bond acceptors (Lipinski definition) is 3. The summed E-state index contributed by atoms with van der Waals surface area (Å²) in [5.74, 6) is 0.0243. The predicted molar refractivity (Wildman–Crippen MR) is 87.1 cm³/mol. The normalized spacial score (nSPS) is 14.0. The molecule has 2 unspecified atom stereocenters. The third kappa shape index (κ3) is 5.88. The number of benzene rings is 1. The molecule has 0 fully saturated rings. The van der Waals surface area contributed by atoms with Gasteiger partial charge in [0.25, 0.3) is 0 Å². The van der Waals surface area contributed by atoms with Crippen molar-refractivity contribution < 1.29 is 9.53 Å². The van der Waals surface area contributed by atoms with Gasteiger partial charge in [0, 0.05) is 6.04 Å². The first-order valence-electron chi connectivity index (χ1n) is 7.99. The van der Waals surface area contributed by atoms with Crippen molar-refractivity contribution in [3.05, 3.63) is 35.9 Å². The van der Waals surface area contributed by atoms with Crippen molar-refractivity contribution in [3.8, 4) is 0 Å². The van der Waals surface area contributed by atoms with E-state index in [2.05, 4.69) is 24.4 Å². The summed E-state index contributed by atoms with van der Waals surface area (Å²) < 4.78 is 4.93. The molecule has 0 radical (unpaired) electrons. The Labute approximate surface area is 129 Å². The molecule has 1 N–H and O–H groups in total. The summed E-state index contributed by atoms with van der Waals surface area (Å²) in [6, 6.07) is 10.3. The lowest BCUT2D eigenvalue weighted by Crippen LogP contribution is -2.43. The van der Waals surface area contributed by atoms with Gasteiger partial charge in [-0.1, -0.05) is 70.4 Å². The lowest BCUT2D eigenvalue weighted by Gasteiger charge is -2.27. The number of nitrogens with one attached hydrogen (secondary N) is 1. The molecule has 0 saturated heterocycles.